The Bertz CT molecular complexity index is 420. The van der Waals surface area contributed by atoms with Crippen LogP contribution in [0, 0.1) is 0 Å². The lowest BCUT2D eigenvalue weighted by molar-refractivity contribution is -0.122. The Labute approximate surface area is 113 Å². The summed E-state index contributed by atoms with van der Waals surface area (Å²) in [6.45, 7) is 7.56. The first-order chi connectivity index (χ1) is 8.20. The lowest BCUT2D eigenvalue weighted by atomic mass is 10.1. The quantitative estimate of drug-likeness (QED) is 0.739. The van der Waals surface area contributed by atoms with E-state index >= 15 is 0 Å². The normalized spacial score (nSPS) is 12.9. The molecule has 0 aliphatic carbocycles. The molecule has 0 aromatic heterocycles. The molecule has 1 rings (SSSR count). The van der Waals surface area contributed by atoms with Crippen LogP contribution in [0.1, 0.15) is 27.7 Å². The number of anilines is 2. The minimum Gasteiger partial charge on any atom is -0.397 e. The molecule has 0 aliphatic rings. The lowest BCUT2D eigenvalue weighted by Crippen LogP contribution is -2.47. The highest BCUT2D eigenvalue weighted by Gasteiger charge is 2.20. The van der Waals surface area contributed by atoms with Crippen LogP contribution in [0.5, 0.6) is 0 Å². The van der Waals surface area contributed by atoms with Crippen molar-refractivity contribution >= 4 is 28.9 Å². The summed E-state index contributed by atoms with van der Waals surface area (Å²) < 4.78 is 0. The summed E-state index contributed by atoms with van der Waals surface area (Å²) in [5, 5.41) is 6.43. The second-order valence-electron chi connectivity index (χ2n) is 5.31. The molecule has 1 unspecified atom stereocenters. The first-order valence-electron chi connectivity index (χ1n) is 5.83. The van der Waals surface area contributed by atoms with Gasteiger partial charge in [0.15, 0.2) is 0 Å². The first kappa shape index (κ1) is 14.6. The van der Waals surface area contributed by atoms with Gasteiger partial charge in [-0.2, -0.15) is 0 Å². The smallest absolute Gasteiger partial charge is 0.242 e. The molecule has 1 aromatic rings. The van der Waals surface area contributed by atoms with E-state index in [1.54, 1.807) is 25.1 Å². The Balaban J connectivity index is 2.76. The molecule has 1 aromatic carbocycles. The predicted molar refractivity (Wildman–Crippen MR) is 76.8 cm³/mol. The number of amides is 1. The van der Waals surface area contributed by atoms with E-state index in [1.165, 1.54) is 0 Å². The Morgan fingerprint density at radius 2 is 2.00 bits per heavy atom. The Morgan fingerprint density at radius 3 is 2.50 bits per heavy atom. The molecule has 4 nitrogen and oxygen atoms in total. The first-order valence-corrected chi connectivity index (χ1v) is 6.21. The van der Waals surface area contributed by atoms with Crippen LogP contribution in [0.15, 0.2) is 18.2 Å². The van der Waals surface area contributed by atoms with Crippen LogP contribution in [0.2, 0.25) is 5.02 Å². The number of carbonyl (C=O) groups excluding carboxylic acids is 1. The summed E-state index contributed by atoms with van der Waals surface area (Å²) in [6.07, 6.45) is 0. The van der Waals surface area contributed by atoms with Crippen molar-refractivity contribution in [1.29, 1.82) is 0 Å². The van der Waals surface area contributed by atoms with Gasteiger partial charge in [0.05, 0.1) is 16.4 Å². The molecule has 0 saturated carbocycles. The van der Waals surface area contributed by atoms with E-state index in [9.17, 15) is 4.79 Å². The monoisotopic (exact) mass is 269 g/mol. The Morgan fingerprint density at radius 1 is 1.39 bits per heavy atom. The van der Waals surface area contributed by atoms with E-state index in [1.807, 2.05) is 20.8 Å². The minimum absolute atomic E-state index is 0.0955. The van der Waals surface area contributed by atoms with Crippen molar-refractivity contribution in [1.82, 2.24) is 5.32 Å². The van der Waals surface area contributed by atoms with Gasteiger partial charge in [0.1, 0.15) is 6.04 Å². The molecular formula is C13H20ClN3O. The number of hydrogen-bond donors (Lipinski definition) is 3. The molecule has 0 fully saturated rings. The predicted octanol–water partition coefficient (Wildman–Crippen LogP) is 2.64. The average Bonchev–Trinajstić information content (AvgIpc) is 2.21. The number of nitrogens with one attached hydrogen (secondary N) is 2. The van der Waals surface area contributed by atoms with E-state index in [4.69, 9.17) is 17.3 Å². The van der Waals surface area contributed by atoms with Crippen molar-refractivity contribution < 1.29 is 4.79 Å². The van der Waals surface area contributed by atoms with Gasteiger partial charge in [0.2, 0.25) is 5.91 Å². The van der Waals surface area contributed by atoms with E-state index in [2.05, 4.69) is 10.6 Å². The average molecular weight is 270 g/mol. The second-order valence-corrected chi connectivity index (χ2v) is 5.72. The standard InChI is InChI=1S/C13H20ClN3O/c1-8(12(18)17-13(2,3)4)16-11-9(14)6-5-7-10(11)15/h5-8,16H,15H2,1-4H3,(H,17,18). The highest BCUT2D eigenvalue weighted by Crippen LogP contribution is 2.28. The molecule has 0 bridgehead atoms. The maximum Gasteiger partial charge on any atom is 0.242 e. The summed E-state index contributed by atoms with van der Waals surface area (Å²) in [6, 6.07) is 4.83. The van der Waals surface area contributed by atoms with Gasteiger partial charge < -0.3 is 16.4 Å². The third-order valence-corrected chi connectivity index (χ3v) is 2.61. The summed E-state index contributed by atoms with van der Waals surface area (Å²) in [7, 11) is 0. The molecule has 1 atom stereocenters. The third kappa shape index (κ3) is 4.11. The van der Waals surface area contributed by atoms with Gasteiger partial charge in [0, 0.05) is 5.54 Å². The van der Waals surface area contributed by atoms with Gasteiger partial charge in [-0.25, -0.2) is 0 Å². The Kier molecular flexibility index (Phi) is 4.46. The number of nitrogen functional groups attached to an aromatic ring is 1. The molecular weight excluding hydrogens is 250 g/mol. The zero-order valence-corrected chi connectivity index (χ0v) is 11.9. The van der Waals surface area contributed by atoms with Gasteiger partial charge in [-0.05, 0) is 39.8 Å². The molecule has 0 saturated heterocycles. The number of nitrogens with two attached hydrogens (primary N) is 1. The maximum absolute atomic E-state index is 11.9. The molecule has 18 heavy (non-hydrogen) atoms. The number of halogens is 1. The van der Waals surface area contributed by atoms with Gasteiger partial charge >= 0.3 is 0 Å². The lowest BCUT2D eigenvalue weighted by Gasteiger charge is -2.24. The van der Waals surface area contributed by atoms with E-state index in [0.29, 0.717) is 16.4 Å². The largest absolute Gasteiger partial charge is 0.397 e. The fourth-order valence-electron chi connectivity index (χ4n) is 1.45. The van der Waals surface area contributed by atoms with Crippen LogP contribution in [-0.2, 0) is 4.79 Å². The van der Waals surface area contributed by atoms with Crippen molar-refractivity contribution in [2.24, 2.45) is 0 Å². The van der Waals surface area contributed by atoms with Crippen LogP contribution < -0.4 is 16.4 Å². The van der Waals surface area contributed by atoms with Gasteiger partial charge in [-0.3, -0.25) is 4.79 Å². The molecule has 0 heterocycles. The van der Waals surface area contributed by atoms with Gasteiger partial charge in [0.25, 0.3) is 0 Å². The van der Waals surface area contributed by atoms with Crippen molar-refractivity contribution in [3.05, 3.63) is 23.2 Å². The van der Waals surface area contributed by atoms with E-state index in [0.717, 1.165) is 0 Å². The zero-order valence-electron chi connectivity index (χ0n) is 11.2. The Hall–Kier alpha value is -1.42. The third-order valence-electron chi connectivity index (χ3n) is 2.30. The SMILES string of the molecule is CC(Nc1c(N)cccc1Cl)C(=O)NC(C)(C)C. The summed E-state index contributed by atoms with van der Waals surface area (Å²) in [5.41, 5.74) is 6.67. The minimum atomic E-state index is -0.411. The number of carbonyl (C=O) groups is 1. The fourth-order valence-corrected chi connectivity index (χ4v) is 1.69. The van der Waals surface area contributed by atoms with Crippen LogP contribution in [0.4, 0.5) is 11.4 Å². The summed E-state index contributed by atoms with van der Waals surface area (Å²) in [4.78, 5) is 11.9. The zero-order chi connectivity index (χ0) is 13.9. The molecule has 4 N–H and O–H groups in total. The second kappa shape index (κ2) is 5.48. The molecule has 5 heteroatoms. The fraction of sp³-hybridized carbons (Fsp3) is 0.462. The van der Waals surface area contributed by atoms with Crippen molar-refractivity contribution in [2.45, 2.75) is 39.3 Å². The summed E-state index contributed by atoms with van der Waals surface area (Å²) in [5.74, 6) is -0.0955. The topological polar surface area (TPSA) is 67.1 Å². The number of para-hydroxylation sites is 1. The van der Waals surface area contributed by atoms with Crippen molar-refractivity contribution in [2.75, 3.05) is 11.1 Å². The molecule has 0 radical (unpaired) electrons. The number of rotatable bonds is 3. The highest BCUT2D eigenvalue weighted by molar-refractivity contribution is 6.34. The maximum atomic E-state index is 11.9. The molecule has 0 spiro atoms. The number of benzene rings is 1. The molecule has 1 amide bonds. The van der Waals surface area contributed by atoms with Crippen molar-refractivity contribution in [3.8, 4) is 0 Å². The van der Waals surface area contributed by atoms with Crippen LogP contribution in [-0.4, -0.2) is 17.5 Å². The van der Waals surface area contributed by atoms with Crippen LogP contribution in [0.3, 0.4) is 0 Å². The van der Waals surface area contributed by atoms with E-state index in [-0.39, 0.29) is 11.4 Å². The van der Waals surface area contributed by atoms with Gasteiger partial charge in [-0.1, -0.05) is 17.7 Å². The highest BCUT2D eigenvalue weighted by atomic mass is 35.5. The summed E-state index contributed by atoms with van der Waals surface area (Å²) >= 11 is 6.04. The number of hydrogen-bond acceptors (Lipinski definition) is 3. The van der Waals surface area contributed by atoms with E-state index < -0.39 is 6.04 Å². The molecule has 100 valence electrons. The molecule has 0 aliphatic heterocycles. The van der Waals surface area contributed by atoms with Crippen LogP contribution >= 0.6 is 11.6 Å². The van der Waals surface area contributed by atoms with Gasteiger partial charge in [-0.15, -0.1) is 0 Å². The van der Waals surface area contributed by atoms with Crippen molar-refractivity contribution in [3.63, 3.8) is 0 Å². The van der Waals surface area contributed by atoms with Crippen LogP contribution in [0.25, 0.3) is 0 Å².